The number of aryl methyl sites for hydroxylation is 2. The van der Waals surface area contributed by atoms with Crippen molar-refractivity contribution in [1.29, 1.82) is 0 Å². The third-order valence-electron chi connectivity index (χ3n) is 3.86. The molecule has 0 aliphatic rings. The Bertz CT molecular complexity index is 575. The Kier molecular flexibility index (Phi) is 5.03. The van der Waals surface area contributed by atoms with E-state index in [1.54, 1.807) is 0 Å². The van der Waals surface area contributed by atoms with Crippen LogP contribution in [0, 0.1) is 19.8 Å². The molecule has 2 nitrogen and oxygen atoms in total. The first-order valence-electron chi connectivity index (χ1n) is 7.46. The van der Waals surface area contributed by atoms with Crippen LogP contribution in [0.25, 0.3) is 0 Å². The molecule has 0 heterocycles. The minimum absolute atomic E-state index is 0.210. The molecule has 2 heteroatoms. The van der Waals surface area contributed by atoms with Gasteiger partial charge in [-0.1, -0.05) is 50.2 Å². The average Bonchev–Trinajstić information content (AvgIpc) is 2.48. The SMILES string of the molecule is Cc1ccc(OC(C(C)C)C(O)c2ccccc2)cc1C. The quantitative estimate of drug-likeness (QED) is 0.879. The van der Waals surface area contributed by atoms with Crippen LogP contribution >= 0.6 is 0 Å². The van der Waals surface area contributed by atoms with Gasteiger partial charge in [-0.25, -0.2) is 0 Å². The van der Waals surface area contributed by atoms with Crippen LogP contribution < -0.4 is 4.74 Å². The maximum absolute atomic E-state index is 10.6. The van der Waals surface area contributed by atoms with E-state index in [9.17, 15) is 5.11 Å². The number of rotatable bonds is 5. The lowest BCUT2D eigenvalue weighted by atomic mass is 9.96. The van der Waals surface area contributed by atoms with Crippen molar-refractivity contribution in [2.45, 2.75) is 39.9 Å². The van der Waals surface area contributed by atoms with Gasteiger partial charge in [0.25, 0.3) is 0 Å². The Morgan fingerprint density at radius 2 is 1.57 bits per heavy atom. The number of ether oxygens (including phenoxy) is 1. The Balaban J connectivity index is 2.21. The first kappa shape index (κ1) is 15.6. The first-order chi connectivity index (χ1) is 9.99. The second-order valence-electron chi connectivity index (χ2n) is 5.93. The van der Waals surface area contributed by atoms with Gasteiger partial charge in [-0.05, 0) is 48.6 Å². The summed E-state index contributed by atoms with van der Waals surface area (Å²) in [4.78, 5) is 0. The van der Waals surface area contributed by atoms with Crippen LogP contribution in [0.3, 0.4) is 0 Å². The minimum atomic E-state index is -0.632. The fourth-order valence-electron chi connectivity index (χ4n) is 2.35. The smallest absolute Gasteiger partial charge is 0.131 e. The van der Waals surface area contributed by atoms with Crippen molar-refractivity contribution < 1.29 is 9.84 Å². The summed E-state index contributed by atoms with van der Waals surface area (Å²) in [5, 5.41) is 10.6. The zero-order valence-corrected chi connectivity index (χ0v) is 13.2. The number of aliphatic hydroxyl groups excluding tert-OH is 1. The Morgan fingerprint density at radius 3 is 2.14 bits per heavy atom. The van der Waals surface area contributed by atoms with Crippen molar-refractivity contribution in [3.8, 4) is 5.75 Å². The standard InChI is InChI=1S/C19H24O2/c1-13(2)19(18(20)16-8-6-5-7-9-16)21-17-11-10-14(3)15(4)12-17/h5-13,18-20H,1-4H3. The van der Waals surface area contributed by atoms with Gasteiger partial charge < -0.3 is 9.84 Å². The van der Waals surface area contributed by atoms with Crippen molar-refractivity contribution >= 4 is 0 Å². The summed E-state index contributed by atoms with van der Waals surface area (Å²) >= 11 is 0. The molecule has 1 N–H and O–H groups in total. The molecule has 0 saturated carbocycles. The van der Waals surface area contributed by atoms with E-state index in [1.807, 2.05) is 42.5 Å². The van der Waals surface area contributed by atoms with Gasteiger partial charge in [0.2, 0.25) is 0 Å². The molecule has 0 spiro atoms. The molecule has 0 bridgehead atoms. The molecule has 112 valence electrons. The Hall–Kier alpha value is -1.80. The minimum Gasteiger partial charge on any atom is -0.487 e. The maximum Gasteiger partial charge on any atom is 0.131 e. The third kappa shape index (κ3) is 3.85. The van der Waals surface area contributed by atoms with Crippen LogP contribution in [0.2, 0.25) is 0 Å². The van der Waals surface area contributed by atoms with E-state index >= 15 is 0 Å². The zero-order valence-electron chi connectivity index (χ0n) is 13.2. The molecular weight excluding hydrogens is 260 g/mol. The molecule has 0 amide bonds. The van der Waals surface area contributed by atoms with Crippen molar-refractivity contribution in [3.63, 3.8) is 0 Å². The highest BCUT2D eigenvalue weighted by Crippen LogP contribution is 2.27. The summed E-state index contributed by atoms with van der Waals surface area (Å²) in [6.45, 7) is 8.29. The predicted molar refractivity (Wildman–Crippen MR) is 86.6 cm³/mol. The number of aliphatic hydroxyl groups is 1. The Labute approximate surface area is 127 Å². The van der Waals surface area contributed by atoms with E-state index in [4.69, 9.17) is 4.74 Å². The molecular formula is C19H24O2. The van der Waals surface area contributed by atoms with E-state index in [0.29, 0.717) is 0 Å². The fourth-order valence-corrected chi connectivity index (χ4v) is 2.35. The molecule has 0 radical (unpaired) electrons. The van der Waals surface area contributed by atoms with Crippen LogP contribution in [0.4, 0.5) is 0 Å². The first-order valence-corrected chi connectivity index (χ1v) is 7.46. The largest absolute Gasteiger partial charge is 0.487 e. The van der Waals surface area contributed by atoms with E-state index in [1.165, 1.54) is 11.1 Å². The van der Waals surface area contributed by atoms with Gasteiger partial charge >= 0.3 is 0 Å². The van der Waals surface area contributed by atoms with Crippen LogP contribution in [-0.2, 0) is 0 Å². The normalized spacial score (nSPS) is 14.0. The molecule has 2 atom stereocenters. The summed E-state index contributed by atoms with van der Waals surface area (Å²) in [5.41, 5.74) is 3.33. The van der Waals surface area contributed by atoms with Crippen molar-refractivity contribution in [1.82, 2.24) is 0 Å². The number of hydrogen-bond acceptors (Lipinski definition) is 2. The fraction of sp³-hybridized carbons (Fsp3) is 0.368. The predicted octanol–water partition coefficient (Wildman–Crippen LogP) is 4.44. The lowest BCUT2D eigenvalue weighted by Crippen LogP contribution is -2.30. The zero-order chi connectivity index (χ0) is 15.4. The highest BCUT2D eigenvalue weighted by molar-refractivity contribution is 5.34. The van der Waals surface area contributed by atoms with Crippen molar-refractivity contribution in [2.24, 2.45) is 5.92 Å². The highest BCUT2D eigenvalue weighted by atomic mass is 16.5. The Morgan fingerprint density at radius 1 is 0.905 bits per heavy atom. The molecule has 21 heavy (non-hydrogen) atoms. The van der Waals surface area contributed by atoms with Crippen LogP contribution in [-0.4, -0.2) is 11.2 Å². The number of benzene rings is 2. The van der Waals surface area contributed by atoms with Crippen molar-refractivity contribution in [3.05, 3.63) is 65.2 Å². The van der Waals surface area contributed by atoms with Gasteiger partial charge in [-0.3, -0.25) is 0 Å². The molecule has 2 aromatic carbocycles. The van der Waals surface area contributed by atoms with E-state index in [-0.39, 0.29) is 12.0 Å². The summed E-state index contributed by atoms with van der Waals surface area (Å²) in [5.74, 6) is 1.02. The summed E-state index contributed by atoms with van der Waals surface area (Å²) in [7, 11) is 0. The van der Waals surface area contributed by atoms with Gasteiger partial charge in [0.1, 0.15) is 18.0 Å². The van der Waals surface area contributed by atoms with E-state index in [0.717, 1.165) is 11.3 Å². The molecule has 0 aromatic heterocycles. The summed E-state index contributed by atoms with van der Waals surface area (Å²) in [6, 6.07) is 15.7. The van der Waals surface area contributed by atoms with E-state index in [2.05, 4.69) is 33.8 Å². The van der Waals surface area contributed by atoms with E-state index < -0.39 is 6.10 Å². The molecule has 2 unspecified atom stereocenters. The summed E-state index contributed by atoms with van der Waals surface area (Å²) in [6.07, 6.45) is -0.901. The molecule has 2 rings (SSSR count). The monoisotopic (exact) mass is 284 g/mol. The number of hydrogen-bond donors (Lipinski definition) is 1. The van der Waals surface area contributed by atoms with Gasteiger partial charge in [0.15, 0.2) is 0 Å². The van der Waals surface area contributed by atoms with Crippen LogP contribution in [0.1, 0.15) is 36.6 Å². The second-order valence-corrected chi connectivity index (χ2v) is 5.93. The highest BCUT2D eigenvalue weighted by Gasteiger charge is 2.26. The third-order valence-corrected chi connectivity index (χ3v) is 3.86. The van der Waals surface area contributed by atoms with Crippen LogP contribution in [0.5, 0.6) is 5.75 Å². The molecule has 0 aliphatic heterocycles. The van der Waals surface area contributed by atoms with Gasteiger partial charge in [-0.2, -0.15) is 0 Å². The molecule has 0 aliphatic carbocycles. The molecule has 0 saturated heterocycles. The van der Waals surface area contributed by atoms with Crippen molar-refractivity contribution in [2.75, 3.05) is 0 Å². The van der Waals surface area contributed by atoms with Gasteiger partial charge in [0, 0.05) is 0 Å². The second kappa shape index (κ2) is 6.77. The summed E-state index contributed by atoms with van der Waals surface area (Å²) < 4.78 is 6.08. The maximum atomic E-state index is 10.6. The lowest BCUT2D eigenvalue weighted by Gasteiger charge is -2.28. The van der Waals surface area contributed by atoms with Crippen LogP contribution in [0.15, 0.2) is 48.5 Å². The lowest BCUT2D eigenvalue weighted by molar-refractivity contribution is 0.00785. The molecule has 0 fully saturated rings. The van der Waals surface area contributed by atoms with Gasteiger partial charge in [-0.15, -0.1) is 0 Å². The topological polar surface area (TPSA) is 29.5 Å². The van der Waals surface area contributed by atoms with Gasteiger partial charge in [0.05, 0.1) is 0 Å². The average molecular weight is 284 g/mol. The molecule has 2 aromatic rings.